The lowest BCUT2D eigenvalue weighted by atomic mass is 9.95. The van der Waals surface area contributed by atoms with Gasteiger partial charge in [0.2, 0.25) is 0 Å². The Balaban J connectivity index is 2.24. The van der Waals surface area contributed by atoms with E-state index in [1.165, 1.54) is 12.1 Å². The summed E-state index contributed by atoms with van der Waals surface area (Å²) < 4.78 is 19.0. The van der Waals surface area contributed by atoms with Crippen molar-refractivity contribution in [1.82, 2.24) is 0 Å². The van der Waals surface area contributed by atoms with E-state index in [0.717, 1.165) is 18.9 Å². The quantitative estimate of drug-likeness (QED) is 0.867. The van der Waals surface area contributed by atoms with Gasteiger partial charge in [0.1, 0.15) is 11.7 Å². The first-order valence-corrected chi connectivity index (χ1v) is 5.96. The number of carboxylic acid groups (broad SMARTS) is 1. The van der Waals surface area contributed by atoms with Crippen LogP contribution in [0.4, 0.5) is 4.39 Å². The van der Waals surface area contributed by atoms with Gasteiger partial charge in [-0.2, -0.15) is 0 Å². The first-order valence-electron chi connectivity index (χ1n) is 5.96. The summed E-state index contributed by atoms with van der Waals surface area (Å²) in [7, 11) is 0. The number of ether oxygens (including phenoxy) is 1. The molecule has 0 bridgehead atoms. The van der Waals surface area contributed by atoms with Crippen molar-refractivity contribution in [3.63, 3.8) is 0 Å². The Labute approximate surface area is 104 Å². The average Bonchev–Trinajstić information content (AvgIpc) is 2.34. The molecule has 1 aromatic carbocycles. The molecule has 1 aliphatic carbocycles. The van der Waals surface area contributed by atoms with E-state index in [0.29, 0.717) is 12.8 Å². The van der Waals surface area contributed by atoms with Crippen LogP contribution in [-0.2, 0) is 0 Å². The van der Waals surface area contributed by atoms with Crippen LogP contribution in [-0.4, -0.2) is 28.4 Å². The summed E-state index contributed by atoms with van der Waals surface area (Å²) in [5, 5.41) is 18.7. The predicted octanol–water partition coefficient (Wildman–Crippen LogP) is 2.21. The molecule has 18 heavy (non-hydrogen) atoms. The number of aliphatic hydroxyl groups excluding tert-OH is 1. The summed E-state index contributed by atoms with van der Waals surface area (Å²) in [6, 6.07) is 3.76. The van der Waals surface area contributed by atoms with Gasteiger partial charge in [0, 0.05) is 0 Å². The Morgan fingerprint density at radius 2 is 2.06 bits per heavy atom. The minimum absolute atomic E-state index is 0.215. The molecular formula is C13H15FO4. The zero-order valence-corrected chi connectivity index (χ0v) is 9.80. The Kier molecular flexibility index (Phi) is 3.81. The minimum Gasteiger partial charge on any atom is -0.484 e. The number of benzene rings is 1. The van der Waals surface area contributed by atoms with Crippen LogP contribution < -0.4 is 4.74 Å². The first kappa shape index (κ1) is 12.8. The topological polar surface area (TPSA) is 66.8 Å². The van der Waals surface area contributed by atoms with E-state index >= 15 is 0 Å². The number of aromatic carboxylic acids is 1. The molecule has 1 aliphatic rings. The van der Waals surface area contributed by atoms with Crippen LogP contribution in [0, 0.1) is 5.82 Å². The summed E-state index contributed by atoms with van der Waals surface area (Å²) in [5.41, 5.74) is -0.215. The Morgan fingerprint density at radius 3 is 2.72 bits per heavy atom. The van der Waals surface area contributed by atoms with Gasteiger partial charge in [-0.3, -0.25) is 0 Å². The summed E-state index contributed by atoms with van der Waals surface area (Å²) in [6.07, 6.45) is 1.80. The summed E-state index contributed by atoms with van der Waals surface area (Å²) in [4.78, 5) is 11.0. The first-order chi connectivity index (χ1) is 8.59. The molecule has 0 radical (unpaired) electrons. The van der Waals surface area contributed by atoms with Gasteiger partial charge in [0.15, 0.2) is 11.6 Å². The van der Waals surface area contributed by atoms with Gasteiger partial charge in [-0.25, -0.2) is 9.18 Å². The average molecular weight is 254 g/mol. The Bertz CT molecular complexity index is 447. The van der Waals surface area contributed by atoms with Gasteiger partial charge < -0.3 is 14.9 Å². The van der Waals surface area contributed by atoms with E-state index in [1.807, 2.05) is 0 Å². The molecule has 2 rings (SSSR count). The van der Waals surface area contributed by atoms with Gasteiger partial charge in [-0.15, -0.1) is 0 Å². The van der Waals surface area contributed by atoms with Crippen LogP contribution in [0.1, 0.15) is 36.0 Å². The highest BCUT2D eigenvalue weighted by molar-refractivity contribution is 5.90. The Hall–Kier alpha value is -1.62. The highest BCUT2D eigenvalue weighted by Crippen LogP contribution is 2.28. The van der Waals surface area contributed by atoms with Crippen molar-refractivity contribution in [3.8, 4) is 5.75 Å². The van der Waals surface area contributed by atoms with Crippen molar-refractivity contribution in [1.29, 1.82) is 0 Å². The van der Waals surface area contributed by atoms with Crippen molar-refractivity contribution >= 4 is 5.97 Å². The van der Waals surface area contributed by atoms with E-state index in [-0.39, 0.29) is 11.3 Å². The van der Waals surface area contributed by atoms with E-state index in [4.69, 9.17) is 9.84 Å². The van der Waals surface area contributed by atoms with Crippen molar-refractivity contribution < 1.29 is 24.1 Å². The third-order valence-electron chi connectivity index (χ3n) is 3.13. The van der Waals surface area contributed by atoms with Gasteiger partial charge >= 0.3 is 5.97 Å². The molecule has 5 heteroatoms. The number of rotatable bonds is 3. The largest absolute Gasteiger partial charge is 0.484 e. The number of para-hydroxylation sites is 1. The maximum atomic E-state index is 13.6. The molecule has 0 aromatic heterocycles. The minimum atomic E-state index is -1.24. The van der Waals surface area contributed by atoms with Crippen molar-refractivity contribution in [2.75, 3.05) is 0 Å². The number of hydrogen-bond donors (Lipinski definition) is 2. The standard InChI is InChI=1S/C13H15FO4/c14-9-5-3-4-8(13(16)17)12(9)18-11-7-2-1-6-10(11)15/h3-5,10-11,15H,1-2,6-7H2,(H,16,17). The van der Waals surface area contributed by atoms with Crippen LogP contribution in [0.3, 0.4) is 0 Å². The molecular weight excluding hydrogens is 239 g/mol. The number of hydrogen-bond acceptors (Lipinski definition) is 3. The number of aliphatic hydroxyl groups is 1. The van der Waals surface area contributed by atoms with Crippen LogP contribution >= 0.6 is 0 Å². The molecule has 98 valence electrons. The van der Waals surface area contributed by atoms with E-state index in [1.54, 1.807) is 0 Å². The third-order valence-corrected chi connectivity index (χ3v) is 3.13. The molecule has 0 heterocycles. The fourth-order valence-corrected chi connectivity index (χ4v) is 2.16. The summed E-state index contributed by atoms with van der Waals surface area (Å²) in [5.74, 6) is -2.24. The molecule has 0 saturated heterocycles. The normalized spacial score (nSPS) is 23.7. The van der Waals surface area contributed by atoms with Gasteiger partial charge in [0.05, 0.1) is 6.10 Å². The summed E-state index contributed by atoms with van der Waals surface area (Å²) >= 11 is 0. The van der Waals surface area contributed by atoms with Crippen LogP contribution in [0.15, 0.2) is 18.2 Å². The molecule has 1 fully saturated rings. The second-order valence-electron chi connectivity index (χ2n) is 4.43. The molecule has 2 atom stereocenters. The number of carbonyl (C=O) groups is 1. The van der Waals surface area contributed by atoms with E-state index in [9.17, 15) is 14.3 Å². The molecule has 2 unspecified atom stereocenters. The van der Waals surface area contributed by atoms with Crippen molar-refractivity contribution in [3.05, 3.63) is 29.6 Å². The SMILES string of the molecule is O=C(O)c1cccc(F)c1OC1CCCCC1O. The van der Waals surface area contributed by atoms with Crippen molar-refractivity contribution in [2.24, 2.45) is 0 Å². The molecule has 1 aromatic rings. The van der Waals surface area contributed by atoms with Crippen LogP contribution in [0.5, 0.6) is 5.75 Å². The lowest BCUT2D eigenvalue weighted by Crippen LogP contribution is -2.35. The maximum Gasteiger partial charge on any atom is 0.339 e. The smallest absolute Gasteiger partial charge is 0.339 e. The van der Waals surface area contributed by atoms with Crippen LogP contribution in [0.25, 0.3) is 0 Å². The highest BCUT2D eigenvalue weighted by atomic mass is 19.1. The van der Waals surface area contributed by atoms with Gasteiger partial charge in [-0.1, -0.05) is 12.5 Å². The lowest BCUT2D eigenvalue weighted by Gasteiger charge is -2.28. The lowest BCUT2D eigenvalue weighted by molar-refractivity contribution is 0.00413. The summed E-state index contributed by atoms with van der Waals surface area (Å²) in [6.45, 7) is 0. The Morgan fingerprint density at radius 1 is 1.33 bits per heavy atom. The third kappa shape index (κ3) is 2.61. The molecule has 1 saturated carbocycles. The second-order valence-corrected chi connectivity index (χ2v) is 4.43. The monoisotopic (exact) mass is 254 g/mol. The molecule has 2 N–H and O–H groups in total. The number of halogens is 1. The predicted molar refractivity (Wildman–Crippen MR) is 62.3 cm³/mol. The second kappa shape index (κ2) is 5.35. The van der Waals surface area contributed by atoms with Gasteiger partial charge in [-0.05, 0) is 31.4 Å². The fraction of sp³-hybridized carbons (Fsp3) is 0.462. The highest BCUT2D eigenvalue weighted by Gasteiger charge is 2.27. The molecule has 4 nitrogen and oxygen atoms in total. The molecule has 0 spiro atoms. The molecule has 0 amide bonds. The van der Waals surface area contributed by atoms with Crippen molar-refractivity contribution in [2.45, 2.75) is 37.9 Å². The molecule has 0 aliphatic heterocycles. The fourth-order valence-electron chi connectivity index (χ4n) is 2.16. The zero-order chi connectivity index (χ0) is 13.1. The van der Waals surface area contributed by atoms with Crippen LogP contribution in [0.2, 0.25) is 0 Å². The van der Waals surface area contributed by atoms with E-state index < -0.39 is 24.0 Å². The number of carboxylic acids is 1. The van der Waals surface area contributed by atoms with Gasteiger partial charge in [0.25, 0.3) is 0 Å². The maximum absolute atomic E-state index is 13.6. The van der Waals surface area contributed by atoms with E-state index in [2.05, 4.69) is 0 Å². The zero-order valence-electron chi connectivity index (χ0n) is 9.80.